The zero-order valence-corrected chi connectivity index (χ0v) is 18.7. The molecule has 0 bridgehead atoms. The van der Waals surface area contributed by atoms with Gasteiger partial charge in [0.05, 0.1) is 7.11 Å². The molecule has 0 aliphatic carbocycles. The molecule has 0 atom stereocenters. The molecule has 30 heavy (non-hydrogen) atoms. The number of carbonyl (C=O) groups is 1. The fourth-order valence-corrected chi connectivity index (χ4v) is 3.26. The van der Waals surface area contributed by atoms with Crippen molar-refractivity contribution in [3.05, 3.63) is 88.0 Å². The molecule has 158 valence electrons. The summed E-state index contributed by atoms with van der Waals surface area (Å²) < 4.78 is 5.55. The first-order valence-corrected chi connectivity index (χ1v) is 10.3. The number of rotatable bonds is 9. The average Bonchev–Trinajstić information content (AvgIpc) is 2.71. The molecule has 3 heteroatoms. The monoisotopic (exact) mass is 404 g/mol. The van der Waals surface area contributed by atoms with Gasteiger partial charge >= 0.3 is 0 Å². The van der Waals surface area contributed by atoms with Crippen LogP contribution in [0.2, 0.25) is 0 Å². The summed E-state index contributed by atoms with van der Waals surface area (Å²) in [6, 6.07) is 10.5. The van der Waals surface area contributed by atoms with E-state index in [4.69, 9.17) is 4.74 Å². The normalized spacial score (nSPS) is 11.6. The van der Waals surface area contributed by atoms with Crippen molar-refractivity contribution < 1.29 is 14.6 Å². The lowest BCUT2D eigenvalue weighted by Crippen LogP contribution is -2.03. The molecule has 0 fully saturated rings. The van der Waals surface area contributed by atoms with Crippen molar-refractivity contribution in [2.45, 2.75) is 47.0 Å². The van der Waals surface area contributed by atoms with E-state index in [0.717, 1.165) is 41.7 Å². The fourth-order valence-electron chi connectivity index (χ4n) is 3.26. The number of hydrogen-bond donors (Lipinski definition) is 1. The van der Waals surface area contributed by atoms with Crippen LogP contribution in [0.5, 0.6) is 11.5 Å². The van der Waals surface area contributed by atoms with Crippen LogP contribution in [0.3, 0.4) is 0 Å². The zero-order valence-electron chi connectivity index (χ0n) is 18.7. The molecule has 0 amide bonds. The highest BCUT2D eigenvalue weighted by Gasteiger charge is 2.13. The van der Waals surface area contributed by atoms with E-state index in [1.54, 1.807) is 43.5 Å². The molecule has 3 nitrogen and oxygen atoms in total. The van der Waals surface area contributed by atoms with Crippen LogP contribution in [0.25, 0.3) is 6.08 Å². The summed E-state index contributed by atoms with van der Waals surface area (Å²) in [5.41, 5.74) is 6.20. The van der Waals surface area contributed by atoms with E-state index in [0.29, 0.717) is 5.56 Å². The predicted molar refractivity (Wildman–Crippen MR) is 125 cm³/mol. The molecule has 0 radical (unpaired) electrons. The maximum atomic E-state index is 12.8. The van der Waals surface area contributed by atoms with Crippen LogP contribution < -0.4 is 4.74 Å². The maximum Gasteiger partial charge on any atom is 0.186 e. The van der Waals surface area contributed by atoms with E-state index in [1.807, 2.05) is 19.1 Å². The van der Waals surface area contributed by atoms with Gasteiger partial charge in [0, 0.05) is 11.1 Å². The molecule has 0 aliphatic heterocycles. The molecule has 0 heterocycles. The van der Waals surface area contributed by atoms with Crippen LogP contribution in [0.15, 0.2) is 65.8 Å². The predicted octanol–water partition coefficient (Wildman–Crippen LogP) is 6.84. The van der Waals surface area contributed by atoms with Gasteiger partial charge in [-0.25, -0.2) is 0 Å². The Hall–Kier alpha value is -3.07. The highest BCUT2D eigenvalue weighted by molar-refractivity contribution is 6.08. The van der Waals surface area contributed by atoms with E-state index in [9.17, 15) is 9.90 Å². The van der Waals surface area contributed by atoms with E-state index in [-0.39, 0.29) is 11.5 Å². The Labute approximate surface area is 180 Å². The number of carbonyl (C=O) groups excluding carboxylic acids is 1. The zero-order chi connectivity index (χ0) is 22.1. The van der Waals surface area contributed by atoms with Crippen molar-refractivity contribution >= 4 is 11.9 Å². The van der Waals surface area contributed by atoms with Crippen LogP contribution in [0.4, 0.5) is 0 Å². The highest BCUT2D eigenvalue weighted by atomic mass is 16.5. The minimum atomic E-state index is -0.0475. The van der Waals surface area contributed by atoms with Crippen LogP contribution in [-0.2, 0) is 6.42 Å². The van der Waals surface area contributed by atoms with Crippen molar-refractivity contribution in [1.82, 2.24) is 0 Å². The van der Waals surface area contributed by atoms with Gasteiger partial charge in [-0.3, -0.25) is 4.79 Å². The third kappa shape index (κ3) is 6.77. The molecule has 0 saturated carbocycles. The maximum absolute atomic E-state index is 12.8. The molecule has 0 aromatic heterocycles. The number of hydrogen-bond acceptors (Lipinski definition) is 3. The second-order valence-corrected chi connectivity index (χ2v) is 7.78. The van der Waals surface area contributed by atoms with Crippen LogP contribution in [0.1, 0.15) is 60.7 Å². The molecular weight excluding hydrogens is 372 g/mol. The van der Waals surface area contributed by atoms with Crippen molar-refractivity contribution in [2.24, 2.45) is 0 Å². The number of ether oxygens (including phenoxy) is 1. The third-order valence-corrected chi connectivity index (χ3v) is 5.11. The second kappa shape index (κ2) is 11.2. The Morgan fingerprint density at radius 2 is 1.73 bits per heavy atom. The first kappa shape index (κ1) is 23.2. The van der Waals surface area contributed by atoms with Crippen LogP contribution >= 0.6 is 0 Å². The topological polar surface area (TPSA) is 46.5 Å². The third-order valence-electron chi connectivity index (χ3n) is 5.11. The van der Waals surface area contributed by atoms with Gasteiger partial charge in [-0.05, 0) is 88.4 Å². The lowest BCUT2D eigenvalue weighted by Gasteiger charge is -2.13. The molecule has 2 aromatic rings. The SMILES string of the molecule is COc1ccc(C(=O)/C=C/c2ccc(O)cc2)c(C)c1C/C=C(\C)CCC=C(C)C. The Morgan fingerprint density at radius 3 is 2.37 bits per heavy atom. The minimum absolute atomic E-state index is 0.0475. The van der Waals surface area contributed by atoms with Crippen LogP contribution in [0, 0.1) is 6.92 Å². The van der Waals surface area contributed by atoms with Gasteiger partial charge in [-0.1, -0.05) is 41.5 Å². The standard InChI is InChI=1S/C27H32O3/c1-19(2)7-6-8-20(3)9-15-25-21(4)24(16-18-27(25)30-5)26(29)17-12-22-10-13-23(28)14-11-22/h7,9-14,16-18,28H,6,8,15H2,1-5H3/b17-12+,20-9+. The highest BCUT2D eigenvalue weighted by Crippen LogP contribution is 2.27. The number of phenolic OH excluding ortho intramolecular Hbond substituents is 1. The van der Waals surface area contributed by atoms with Gasteiger partial charge in [-0.15, -0.1) is 0 Å². The first-order valence-electron chi connectivity index (χ1n) is 10.3. The Bertz CT molecular complexity index is 956. The largest absolute Gasteiger partial charge is 0.508 e. The summed E-state index contributed by atoms with van der Waals surface area (Å²) >= 11 is 0. The molecular formula is C27H32O3. The Balaban J connectivity index is 2.21. The second-order valence-electron chi connectivity index (χ2n) is 7.78. The molecule has 0 saturated heterocycles. The number of methoxy groups -OCH3 is 1. The van der Waals surface area contributed by atoms with Gasteiger partial charge in [0.2, 0.25) is 0 Å². The van der Waals surface area contributed by atoms with E-state index < -0.39 is 0 Å². The smallest absolute Gasteiger partial charge is 0.186 e. The molecule has 2 rings (SSSR count). The molecule has 2 aromatic carbocycles. The first-order chi connectivity index (χ1) is 14.3. The summed E-state index contributed by atoms with van der Waals surface area (Å²) in [5.74, 6) is 0.965. The number of phenols is 1. The average molecular weight is 405 g/mol. The summed E-state index contributed by atoms with van der Waals surface area (Å²) in [6.45, 7) is 8.36. The van der Waals surface area contributed by atoms with Crippen molar-refractivity contribution in [3.8, 4) is 11.5 Å². The fraction of sp³-hybridized carbons (Fsp3) is 0.296. The van der Waals surface area contributed by atoms with Gasteiger partial charge in [-0.2, -0.15) is 0 Å². The Morgan fingerprint density at radius 1 is 1.03 bits per heavy atom. The lowest BCUT2D eigenvalue weighted by molar-refractivity contribution is 0.104. The lowest BCUT2D eigenvalue weighted by atomic mass is 9.95. The minimum Gasteiger partial charge on any atom is -0.508 e. The van der Waals surface area contributed by atoms with Gasteiger partial charge < -0.3 is 9.84 Å². The molecule has 1 N–H and O–H groups in total. The summed E-state index contributed by atoms with van der Waals surface area (Å²) in [7, 11) is 1.66. The number of benzene rings is 2. The van der Waals surface area contributed by atoms with Gasteiger partial charge in [0.15, 0.2) is 5.78 Å². The van der Waals surface area contributed by atoms with E-state index in [2.05, 4.69) is 32.9 Å². The van der Waals surface area contributed by atoms with E-state index >= 15 is 0 Å². The van der Waals surface area contributed by atoms with Crippen LogP contribution in [-0.4, -0.2) is 18.0 Å². The summed E-state index contributed by atoms with van der Waals surface area (Å²) in [4.78, 5) is 12.8. The van der Waals surface area contributed by atoms with Crippen molar-refractivity contribution in [2.75, 3.05) is 7.11 Å². The van der Waals surface area contributed by atoms with Crippen molar-refractivity contribution in [3.63, 3.8) is 0 Å². The number of aromatic hydroxyl groups is 1. The van der Waals surface area contributed by atoms with Gasteiger partial charge in [0.1, 0.15) is 11.5 Å². The summed E-state index contributed by atoms with van der Waals surface area (Å²) in [6.07, 6.45) is 10.6. The molecule has 0 unspecified atom stereocenters. The Kier molecular flexibility index (Phi) is 8.67. The quantitative estimate of drug-likeness (QED) is 0.283. The van der Waals surface area contributed by atoms with E-state index in [1.165, 1.54) is 11.1 Å². The van der Waals surface area contributed by atoms with Crippen molar-refractivity contribution in [1.29, 1.82) is 0 Å². The molecule has 0 aliphatic rings. The molecule has 0 spiro atoms. The number of ketones is 1. The number of allylic oxidation sites excluding steroid dienone is 5. The summed E-state index contributed by atoms with van der Waals surface area (Å²) in [5, 5.41) is 9.38. The van der Waals surface area contributed by atoms with Gasteiger partial charge in [0.25, 0.3) is 0 Å².